The van der Waals surface area contributed by atoms with Gasteiger partial charge < -0.3 is 9.47 Å². The smallest absolute Gasteiger partial charge is 0.0538 e. The molecule has 0 spiro atoms. The van der Waals surface area contributed by atoms with Gasteiger partial charge in [-0.25, -0.2) is 0 Å². The molecule has 0 amide bonds. The van der Waals surface area contributed by atoms with Crippen LogP contribution in [0.2, 0.25) is 0 Å². The van der Waals surface area contributed by atoms with Gasteiger partial charge in [0.05, 0.1) is 5.52 Å². The van der Waals surface area contributed by atoms with E-state index in [4.69, 9.17) is 0 Å². The molecule has 0 saturated carbocycles. The highest BCUT2D eigenvalue weighted by atomic mass is 15.1. The van der Waals surface area contributed by atoms with E-state index >= 15 is 0 Å². The van der Waals surface area contributed by atoms with E-state index in [1.807, 2.05) is 0 Å². The molecule has 1 aliphatic rings. The van der Waals surface area contributed by atoms with Crippen molar-refractivity contribution in [3.63, 3.8) is 0 Å². The number of fused-ring (bicyclic) bond motifs is 5. The molecule has 1 atom stereocenters. The first-order valence-corrected chi connectivity index (χ1v) is 18.6. The van der Waals surface area contributed by atoms with E-state index in [1.165, 1.54) is 71.6 Å². The van der Waals surface area contributed by atoms with Crippen LogP contribution < -0.4 is 4.90 Å². The zero-order chi connectivity index (χ0) is 35.3. The molecule has 1 unspecified atom stereocenters. The van der Waals surface area contributed by atoms with Gasteiger partial charge in [0, 0.05) is 45.3 Å². The first-order valence-electron chi connectivity index (χ1n) is 18.6. The minimum Gasteiger partial charge on any atom is -0.313 e. The van der Waals surface area contributed by atoms with Crippen molar-refractivity contribution in [2.45, 2.75) is 19.3 Å². The molecule has 1 heterocycles. The highest BCUT2D eigenvalue weighted by molar-refractivity contribution is 6.21. The average molecular weight is 679 g/mol. The first kappa shape index (κ1) is 31.1. The number of nitrogens with zero attached hydrogens (tertiary/aromatic N) is 2. The monoisotopic (exact) mass is 678 g/mol. The Kier molecular flexibility index (Phi) is 7.54. The fourth-order valence-electron chi connectivity index (χ4n) is 8.64. The average Bonchev–Trinajstić information content (AvgIpc) is 3.56. The molecule has 0 aliphatic heterocycles. The van der Waals surface area contributed by atoms with E-state index in [0.29, 0.717) is 5.92 Å². The van der Waals surface area contributed by atoms with Gasteiger partial charge in [-0.15, -0.1) is 0 Å². The van der Waals surface area contributed by atoms with E-state index in [9.17, 15) is 0 Å². The van der Waals surface area contributed by atoms with Crippen molar-refractivity contribution in [1.29, 1.82) is 0 Å². The van der Waals surface area contributed by atoms with Crippen LogP contribution in [0.3, 0.4) is 0 Å². The Morgan fingerprint density at radius 3 is 1.53 bits per heavy atom. The molecule has 0 radical (unpaired) electrons. The SMILES string of the molecule is CC1CC=Cc2c1n(-c1ccc(N(c3ccccc3)c3ccccc3)cc1)c1ccc(-c3c4ccccc4c(-c4ccccc4)c4ccccc34)cc21. The van der Waals surface area contributed by atoms with Crippen LogP contribution in [0, 0.1) is 0 Å². The largest absolute Gasteiger partial charge is 0.313 e. The lowest BCUT2D eigenvalue weighted by Crippen LogP contribution is -2.10. The molecule has 1 aliphatic carbocycles. The third kappa shape index (κ3) is 5.18. The van der Waals surface area contributed by atoms with Gasteiger partial charge in [0.2, 0.25) is 0 Å². The van der Waals surface area contributed by atoms with Crippen molar-refractivity contribution in [2.24, 2.45) is 0 Å². The Labute approximate surface area is 310 Å². The summed E-state index contributed by atoms with van der Waals surface area (Å²) >= 11 is 0. The van der Waals surface area contributed by atoms with Crippen LogP contribution in [-0.4, -0.2) is 4.57 Å². The zero-order valence-corrected chi connectivity index (χ0v) is 29.7. The van der Waals surface area contributed by atoms with Crippen molar-refractivity contribution in [1.82, 2.24) is 4.57 Å². The number of aromatic nitrogens is 1. The van der Waals surface area contributed by atoms with E-state index < -0.39 is 0 Å². The van der Waals surface area contributed by atoms with Crippen LogP contribution in [-0.2, 0) is 0 Å². The van der Waals surface area contributed by atoms with Crippen LogP contribution in [0.4, 0.5) is 17.1 Å². The van der Waals surface area contributed by atoms with Gasteiger partial charge >= 0.3 is 0 Å². The zero-order valence-electron chi connectivity index (χ0n) is 29.7. The summed E-state index contributed by atoms with van der Waals surface area (Å²) < 4.78 is 2.51. The fraction of sp³-hybridized carbons (Fsp3) is 0.0588. The summed E-state index contributed by atoms with van der Waals surface area (Å²) in [5, 5.41) is 6.40. The lowest BCUT2D eigenvalue weighted by molar-refractivity contribution is 0.723. The van der Waals surface area contributed by atoms with Crippen molar-refractivity contribution in [2.75, 3.05) is 4.90 Å². The van der Waals surface area contributed by atoms with Gasteiger partial charge in [-0.05, 0) is 111 Å². The van der Waals surface area contributed by atoms with Crippen LogP contribution in [0.15, 0.2) is 188 Å². The molecule has 8 aromatic carbocycles. The van der Waals surface area contributed by atoms with E-state index in [0.717, 1.165) is 23.5 Å². The van der Waals surface area contributed by atoms with Gasteiger partial charge in [-0.1, -0.05) is 140 Å². The topological polar surface area (TPSA) is 8.17 Å². The highest BCUT2D eigenvalue weighted by Crippen LogP contribution is 2.46. The normalized spacial score (nSPS) is 13.8. The van der Waals surface area contributed by atoms with Gasteiger partial charge in [0.1, 0.15) is 0 Å². The maximum atomic E-state index is 2.51. The molecule has 2 heteroatoms. The number of hydrogen-bond acceptors (Lipinski definition) is 1. The summed E-state index contributed by atoms with van der Waals surface area (Å²) in [5.41, 5.74) is 13.6. The Bertz CT molecular complexity index is 2700. The summed E-state index contributed by atoms with van der Waals surface area (Å²) in [4.78, 5) is 2.32. The third-order valence-electron chi connectivity index (χ3n) is 11.0. The number of rotatable bonds is 6. The molecule has 252 valence electrons. The van der Waals surface area contributed by atoms with Crippen molar-refractivity contribution in [3.8, 4) is 27.9 Å². The van der Waals surface area contributed by atoms with Crippen LogP contribution >= 0.6 is 0 Å². The Morgan fingerprint density at radius 1 is 0.472 bits per heavy atom. The lowest BCUT2D eigenvalue weighted by Gasteiger charge is -2.26. The second kappa shape index (κ2) is 12.8. The molecule has 1 aromatic heterocycles. The number of allylic oxidation sites excluding steroid dienone is 1. The standard InChI is InChI=1S/C51H38N2/c1-35-16-15-27-46-47-34-37(50-44-25-13-11-23-42(44)49(36-17-5-2-6-18-36)43-24-12-14-26-45(43)50)28-33-48(47)53(51(35)46)41-31-29-40(30-32-41)52(38-19-7-3-8-20-38)39-21-9-4-10-22-39/h2-15,17-35H,16H2,1H3. The van der Waals surface area contributed by atoms with Crippen molar-refractivity contribution >= 4 is 55.6 Å². The molecule has 0 bridgehead atoms. The summed E-state index contributed by atoms with van der Waals surface area (Å²) in [7, 11) is 0. The predicted molar refractivity (Wildman–Crippen MR) is 226 cm³/mol. The third-order valence-corrected chi connectivity index (χ3v) is 11.0. The minimum absolute atomic E-state index is 0.391. The molecular formula is C51H38N2. The first-order chi connectivity index (χ1) is 26.2. The number of benzene rings is 8. The molecule has 53 heavy (non-hydrogen) atoms. The van der Waals surface area contributed by atoms with E-state index in [1.54, 1.807) is 0 Å². The van der Waals surface area contributed by atoms with Crippen molar-refractivity contribution in [3.05, 3.63) is 199 Å². The van der Waals surface area contributed by atoms with Crippen molar-refractivity contribution < 1.29 is 0 Å². The maximum Gasteiger partial charge on any atom is 0.0538 e. The summed E-state index contributed by atoms with van der Waals surface area (Å²) in [6, 6.07) is 66.2. The van der Waals surface area contributed by atoms with Gasteiger partial charge in [0.15, 0.2) is 0 Å². The quantitative estimate of drug-likeness (QED) is 0.159. The fourth-order valence-corrected chi connectivity index (χ4v) is 8.64. The second-order valence-corrected chi connectivity index (χ2v) is 14.1. The minimum atomic E-state index is 0.391. The summed E-state index contributed by atoms with van der Waals surface area (Å²) in [6.45, 7) is 2.36. The van der Waals surface area contributed by atoms with Gasteiger partial charge in [-0.3, -0.25) is 0 Å². The van der Waals surface area contributed by atoms with Crippen LogP contribution in [0.1, 0.15) is 30.5 Å². The Morgan fingerprint density at radius 2 is 0.962 bits per heavy atom. The Hall–Kier alpha value is -6.64. The maximum absolute atomic E-state index is 2.51. The molecule has 2 nitrogen and oxygen atoms in total. The summed E-state index contributed by atoms with van der Waals surface area (Å²) in [6.07, 6.45) is 5.73. The molecule has 0 N–H and O–H groups in total. The van der Waals surface area contributed by atoms with Crippen LogP contribution in [0.5, 0.6) is 0 Å². The van der Waals surface area contributed by atoms with Gasteiger partial charge in [0.25, 0.3) is 0 Å². The van der Waals surface area contributed by atoms with Gasteiger partial charge in [-0.2, -0.15) is 0 Å². The molecule has 9 aromatic rings. The summed E-state index contributed by atoms with van der Waals surface area (Å²) in [5.74, 6) is 0.391. The van der Waals surface area contributed by atoms with Crippen LogP contribution in [0.25, 0.3) is 66.5 Å². The predicted octanol–water partition coefficient (Wildman–Crippen LogP) is 14.3. The molecule has 0 fully saturated rings. The number of anilines is 3. The molecule has 10 rings (SSSR count). The highest BCUT2D eigenvalue weighted by Gasteiger charge is 2.25. The molecular weight excluding hydrogens is 641 g/mol. The lowest BCUT2D eigenvalue weighted by atomic mass is 9.85. The van der Waals surface area contributed by atoms with E-state index in [-0.39, 0.29) is 0 Å². The number of hydrogen-bond donors (Lipinski definition) is 0. The molecule has 0 saturated heterocycles. The Balaban J connectivity index is 1.16. The van der Waals surface area contributed by atoms with E-state index in [2.05, 4.69) is 211 Å². The number of para-hydroxylation sites is 2. The second-order valence-electron chi connectivity index (χ2n) is 14.1.